The number of rotatable bonds is 2. The molecular formula is C9H10BrN3. The SMILES string of the molecule is C#CCN(C)c1ncc(Br)c(C)n1. The first-order chi connectivity index (χ1) is 6.15. The average molecular weight is 240 g/mol. The Balaban J connectivity index is 2.91. The van der Waals surface area contributed by atoms with Gasteiger partial charge in [-0.3, -0.25) is 0 Å². The Bertz CT molecular complexity index is 343. The summed E-state index contributed by atoms with van der Waals surface area (Å²) < 4.78 is 0.908. The fourth-order valence-electron chi connectivity index (χ4n) is 0.832. The number of hydrogen-bond donors (Lipinski definition) is 0. The van der Waals surface area contributed by atoms with Crippen LogP contribution in [0.15, 0.2) is 10.7 Å². The lowest BCUT2D eigenvalue weighted by atomic mass is 10.4. The molecule has 68 valence electrons. The fourth-order valence-corrected chi connectivity index (χ4v) is 1.02. The fraction of sp³-hybridized carbons (Fsp3) is 0.333. The molecule has 0 fully saturated rings. The Morgan fingerprint density at radius 2 is 2.38 bits per heavy atom. The Kier molecular flexibility index (Phi) is 3.26. The quantitative estimate of drug-likeness (QED) is 0.735. The summed E-state index contributed by atoms with van der Waals surface area (Å²) in [5, 5.41) is 0. The molecule has 0 unspecified atom stereocenters. The first-order valence-electron chi connectivity index (χ1n) is 3.79. The Hall–Kier alpha value is -1.08. The number of nitrogens with zero attached hydrogens (tertiary/aromatic N) is 3. The summed E-state index contributed by atoms with van der Waals surface area (Å²) in [7, 11) is 1.86. The molecule has 0 N–H and O–H groups in total. The summed E-state index contributed by atoms with van der Waals surface area (Å²) in [5.41, 5.74) is 0.911. The van der Waals surface area contributed by atoms with E-state index in [2.05, 4.69) is 31.8 Å². The van der Waals surface area contributed by atoms with Crippen molar-refractivity contribution in [1.82, 2.24) is 9.97 Å². The Morgan fingerprint density at radius 1 is 1.69 bits per heavy atom. The zero-order valence-corrected chi connectivity index (χ0v) is 9.17. The standard InChI is InChI=1S/C9H10BrN3/c1-4-5-13(3)9-11-6-8(10)7(2)12-9/h1,6H,5H2,2-3H3. The van der Waals surface area contributed by atoms with Gasteiger partial charge in [-0.15, -0.1) is 6.42 Å². The molecule has 3 nitrogen and oxygen atoms in total. The van der Waals surface area contributed by atoms with Gasteiger partial charge in [-0.05, 0) is 22.9 Å². The van der Waals surface area contributed by atoms with Crippen LogP contribution in [0.2, 0.25) is 0 Å². The zero-order chi connectivity index (χ0) is 9.84. The predicted octanol–water partition coefficient (Wildman–Crippen LogP) is 1.62. The van der Waals surface area contributed by atoms with E-state index in [4.69, 9.17) is 6.42 Å². The third kappa shape index (κ3) is 2.43. The van der Waals surface area contributed by atoms with Gasteiger partial charge in [0.1, 0.15) is 0 Å². The van der Waals surface area contributed by atoms with Crippen molar-refractivity contribution in [2.75, 3.05) is 18.5 Å². The van der Waals surface area contributed by atoms with Crippen LogP contribution < -0.4 is 4.90 Å². The number of anilines is 1. The topological polar surface area (TPSA) is 29.0 Å². The van der Waals surface area contributed by atoms with Crippen LogP contribution >= 0.6 is 15.9 Å². The molecule has 1 heterocycles. The molecule has 0 amide bonds. The van der Waals surface area contributed by atoms with Crippen molar-refractivity contribution in [3.63, 3.8) is 0 Å². The lowest BCUT2D eigenvalue weighted by Crippen LogP contribution is -2.20. The third-order valence-corrected chi connectivity index (χ3v) is 2.36. The summed E-state index contributed by atoms with van der Waals surface area (Å²) in [6, 6.07) is 0. The Morgan fingerprint density at radius 3 is 2.92 bits per heavy atom. The molecule has 0 aliphatic rings. The average Bonchev–Trinajstić information content (AvgIpc) is 2.10. The van der Waals surface area contributed by atoms with Gasteiger partial charge in [0.2, 0.25) is 5.95 Å². The van der Waals surface area contributed by atoms with Gasteiger partial charge in [-0.1, -0.05) is 5.92 Å². The number of hydrogen-bond acceptors (Lipinski definition) is 3. The van der Waals surface area contributed by atoms with E-state index in [1.807, 2.05) is 18.9 Å². The summed E-state index contributed by atoms with van der Waals surface area (Å²) in [4.78, 5) is 10.2. The number of halogens is 1. The van der Waals surface area contributed by atoms with Gasteiger partial charge in [0.15, 0.2) is 0 Å². The van der Waals surface area contributed by atoms with Gasteiger partial charge < -0.3 is 4.90 Å². The van der Waals surface area contributed by atoms with E-state index in [1.54, 1.807) is 6.20 Å². The van der Waals surface area contributed by atoms with Crippen LogP contribution in [-0.4, -0.2) is 23.6 Å². The number of aromatic nitrogens is 2. The van der Waals surface area contributed by atoms with Crippen molar-refractivity contribution in [3.8, 4) is 12.3 Å². The summed E-state index contributed by atoms with van der Waals surface area (Å²) >= 11 is 3.33. The molecule has 0 aromatic carbocycles. The van der Waals surface area contributed by atoms with Crippen molar-refractivity contribution in [2.24, 2.45) is 0 Å². The van der Waals surface area contributed by atoms with E-state index >= 15 is 0 Å². The number of aryl methyl sites for hydroxylation is 1. The normalized spacial score (nSPS) is 9.38. The van der Waals surface area contributed by atoms with Crippen LogP contribution in [0.1, 0.15) is 5.69 Å². The van der Waals surface area contributed by atoms with Crippen LogP contribution in [0.4, 0.5) is 5.95 Å². The largest absolute Gasteiger partial charge is 0.333 e. The minimum Gasteiger partial charge on any atom is -0.333 e. The molecule has 0 bridgehead atoms. The van der Waals surface area contributed by atoms with Gasteiger partial charge in [0.25, 0.3) is 0 Å². The highest BCUT2D eigenvalue weighted by Gasteiger charge is 2.04. The third-order valence-electron chi connectivity index (χ3n) is 1.58. The molecule has 1 rings (SSSR count). The summed E-state index contributed by atoms with van der Waals surface area (Å²) in [5.74, 6) is 3.19. The molecule has 1 aromatic heterocycles. The molecule has 0 radical (unpaired) electrons. The molecule has 0 aliphatic carbocycles. The molecule has 13 heavy (non-hydrogen) atoms. The molecular weight excluding hydrogens is 230 g/mol. The van der Waals surface area contributed by atoms with Crippen LogP contribution in [0.25, 0.3) is 0 Å². The molecule has 0 saturated carbocycles. The maximum absolute atomic E-state index is 5.18. The van der Waals surface area contributed by atoms with E-state index in [9.17, 15) is 0 Å². The molecule has 0 saturated heterocycles. The van der Waals surface area contributed by atoms with E-state index in [1.165, 1.54) is 0 Å². The van der Waals surface area contributed by atoms with Gasteiger partial charge in [0, 0.05) is 13.2 Å². The van der Waals surface area contributed by atoms with E-state index in [-0.39, 0.29) is 0 Å². The molecule has 0 aliphatic heterocycles. The molecule has 0 spiro atoms. The first-order valence-corrected chi connectivity index (χ1v) is 4.58. The van der Waals surface area contributed by atoms with E-state index < -0.39 is 0 Å². The number of terminal acetylenes is 1. The maximum atomic E-state index is 5.18. The summed E-state index contributed by atoms with van der Waals surface area (Å²) in [6.45, 7) is 2.43. The summed E-state index contributed by atoms with van der Waals surface area (Å²) in [6.07, 6.45) is 6.91. The predicted molar refractivity (Wildman–Crippen MR) is 56.6 cm³/mol. The maximum Gasteiger partial charge on any atom is 0.226 e. The molecule has 4 heteroatoms. The van der Waals surface area contributed by atoms with Crippen molar-refractivity contribution < 1.29 is 0 Å². The van der Waals surface area contributed by atoms with E-state index in [0.717, 1.165) is 10.2 Å². The van der Waals surface area contributed by atoms with Gasteiger partial charge in [0.05, 0.1) is 16.7 Å². The first kappa shape index (κ1) is 10.0. The molecule has 0 atom stereocenters. The van der Waals surface area contributed by atoms with E-state index in [0.29, 0.717) is 12.5 Å². The Labute approximate surface area is 86.3 Å². The van der Waals surface area contributed by atoms with Crippen molar-refractivity contribution in [1.29, 1.82) is 0 Å². The second kappa shape index (κ2) is 4.24. The van der Waals surface area contributed by atoms with Crippen LogP contribution in [0.5, 0.6) is 0 Å². The minimum atomic E-state index is 0.515. The minimum absolute atomic E-state index is 0.515. The lowest BCUT2D eigenvalue weighted by molar-refractivity contribution is 0.933. The second-order valence-corrected chi connectivity index (χ2v) is 3.52. The van der Waals surface area contributed by atoms with Crippen molar-refractivity contribution >= 4 is 21.9 Å². The van der Waals surface area contributed by atoms with Crippen molar-refractivity contribution in [3.05, 3.63) is 16.4 Å². The second-order valence-electron chi connectivity index (χ2n) is 2.66. The van der Waals surface area contributed by atoms with Crippen molar-refractivity contribution in [2.45, 2.75) is 6.92 Å². The van der Waals surface area contributed by atoms with Gasteiger partial charge in [-0.25, -0.2) is 9.97 Å². The lowest BCUT2D eigenvalue weighted by Gasteiger charge is -2.13. The smallest absolute Gasteiger partial charge is 0.226 e. The highest BCUT2D eigenvalue weighted by Crippen LogP contribution is 2.14. The zero-order valence-electron chi connectivity index (χ0n) is 7.58. The van der Waals surface area contributed by atoms with Gasteiger partial charge in [-0.2, -0.15) is 0 Å². The van der Waals surface area contributed by atoms with Crippen LogP contribution in [-0.2, 0) is 0 Å². The highest BCUT2D eigenvalue weighted by atomic mass is 79.9. The van der Waals surface area contributed by atoms with Gasteiger partial charge >= 0.3 is 0 Å². The molecule has 1 aromatic rings. The van der Waals surface area contributed by atoms with Crippen LogP contribution in [0, 0.1) is 19.3 Å². The highest BCUT2D eigenvalue weighted by molar-refractivity contribution is 9.10. The van der Waals surface area contributed by atoms with Crippen LogP contribution in [0.3, 0.4) is 0 Å². The monoisotopic (exact) mass is 239 g/mol.